The van der Waals surface area contributed by atoms with Crippen molar-refractivity contribution in [2.75, 3.05) is 18.4 Å². The van der Waals surface area contributed by atoms with Crippen molar-refractivity contribution < 1.29 is 9.59 Å². The van der Waals surface area contributed by atoms with Crippen molar-refractivity contribution in [1.29, 1.82) is 0 Å². The molecule has 4 nitrogen and oxygen atoms in total. The highest BCUT2D eigenvalue weighted by Crippen LogP contribution is 2.16. The van der Waals surface area contributed by atoms with Gasteiger partial charge in [-0.15, -0.1) is 0 Å². The van der Waals surface area contributed by atoms with Crippen LogP contribution in [0.25, 0.3) is 0 Å². The summed E-state index contributed by atoms with van der Waals surface area (Å²) in [5, 5.41) is 2.74. The number of benzene rings is 1. The van der Waals surface area contributed by atoms with Crippen molar-refractivity contribution in [1.82, 2.24) is 4.90 Å². The Labute approximate surface area is 121 Å². The fraction of sp³-hybridized carbons (Fsp3) is 0.429. The van der Waals surface area contributed by atoms with Crippen LogP contribution in [0.3, 0.4) is 0 Å². The van der Waals surface area contributed by atoms with E-state index in [0.29, 0.717) is 5.69 Å². The lowest BCUT2D eigenvalue weighted by Gasteiger charge is -2.26. The number of carbonyl (C=O) groups is 2. The normalized spacial score (nSPS) is 15.1. The molecule has 2 rings (SSSR count). The molecule has 0 spiro atoms. The van der Waals surface area contributed by atoms with Gasteiger partial charge < -0.3 is 10.2 Å². The van der Waals surface area contributed by atoms with Crippen molar-refractivity contribution >= 4 is 33.4 Å². The van der Waals surface area contributed by atoms with Crippen molar-refractivity contribution in [2.45, 2.75) is 25.7 Å². The van der Waals surface area contributed by atoms with Crippen molar-refractivity contribution in [2.24, 2.45) is 0 Å². The molecule has 0 bridgehead atoms. The Bertz CT molecular complexity index is 470. The fourth-order valence-electron chi connectivity index (χ4n) is 2.16. The maximum Gasteiger partial charge on any atom is 0.233 e. The van der Waals surface area contributed by atoms with Crippen LogP contribution in [0.2, 0.25) is 0 Å². The molecule has 1 saturated heterocycles. The van der Waals surface area contributed by atoms with Crippen molar-refractivity contribution in [3.63, 3.8) is 0 Å². The summed E-state index contributed by atoms with van der Waals surface area (Å²) < 4.78 is 0.896. The zero-order chi connectivity index (χ0) is 13.7. The first-order chi connectivity index (χ1) is 9.15. The van der Waals surface area contributed by atoms with Crippen LogP contribution in [-0.4, -0.2) is 29.8 Å². The largest absolute Gasteiger partial charge is 0.342 e. The van der Waals surface area contributed by atoms with E-state index in [0.717, 1.165) is 30.4 Å². The summed E-state index contributed by atoms with van der Waals surface area (Å²) in [5.74, 6) is -0.333. The predicted molar refractivity (Wildman–Crippen MR) is 77.8 cm³/mol. The van der Waals surface area contributed by atoms with Gasteiger partial charge in [-0.25, -0.2) is 0 Å². The van der Waals surface area contributed by atoms with Crippen molar-refractivity contribution in [3.8, 4) is 0 Å². The Morgan fingerprint density at radius 3 is 2.63 bits per heavy atom. The molecule has 0 unspecified atom stereocenters. The van der Waals surface area contributed by atoms with Gasteiger partial charge in [0.2, 0.25) is 11.8 Å². The second kappa shape index (κ2) is 6.70. The first-order valence-corrected chi connectivity index (χ1v) is 7.27. The molecule has 1 N–H and O–H groups in total. The summed E-state index contributed by atoms with van der Waals surface area (Å²) in [6.45, 7) is 1.56. The maximum absolute atomic E-state index is 11.9. The third-order valence-electron chi connectivity index (χ3n) is 3.13. The van der Waals surface area contributed by atoms with E-state index in [1.54, 1.807) is 11.0 Å². The Hall–Kier alpha value is -1.36. The number of anilines is 1. The summed E-state index contributed by atoms with van der Waals surface area (Å²) in [5.41, 5.74) is 0.700. The van der Waals surface area contributed by atoms with Gasteiger partial charge in [-0.1, -0.05) is 22.0 Å². The highest BCUT2D eigenvalue weighted by atomic mass is 79.9. The number of hydrogen-bond acceptors (Lipinski definition) is 2. The molecule has 0 aliphatic carbocycles. The molecule has 1 heterocycles. The van der Waals surface area contributed by atoms with E-state index < -0.39 is 0 Å². The van der Waals surface area contributed by atoms with Gasteiger partial charge >= 0.3 is 0 Å². The summed E-state index contributed by atoms with van der Waals surface area (Å²) in [7, 11) is 0. The minimum absolute atomic E-state index is 0.0767. The van der Waals surface area contributed by atoms with Crippen LogP contribution in [0.5, 0.6) is 0 Å². The molecule has 1 fully saturated rings. The molecule has 0 aromatic heterocycles. The van der Waals surface area contributed by atoms with E-state index in [4.69, 9.17) is 0 Å². The number of amides is 2. The van der Waals surface area contributed by atoms with Gasteiger partial charge in [-0.2, -0.15) is 0 Å². The van der Waals surface area contributed by atoms with E-state index in [1.807, 2.05) is 18.2 Å². The summed E-state index contributed by atoms with van der Waals surface area (Å²) in [6, 6.07) is 7.33. The molecule has 102 valence electrons. The Morgan fingerprint density at radius 2 is 1.95 bits per heavy atom. The van der Waals surface area contributed by atoms with Crippen molar-refractivity contribution in [3.05, 3.63) is 28.7 Å². The van der Waals surface area contributed by atoms with Gasteiger partial charge in [0, 0.05) is 23.2 Å². The first kappa shape index (κ1) is 14.1. The number of likely N-dealkylation sites (tertiary alicyclic amines) is 1. The van der Waals surface area contributed by atoms with Crippen LogP contribution in [-0.2, 0) is 9.59 Å². The standard InChI is InChI=1S/C14H17BrN2O2/c15-11-5-4-6-12(9-11)16-13(18)10-14(19)17-7-2-1-3-8-17/h4-6,9H,1-3,7-8,10H2,(H,16,18). The second-order valence-electron chi connectivity index (χ2n) is 4.68. The number of nitrogens with one attached hydrogen (secondary N) is 1. The number of nitrogens with zero attached hydrogens (tertiary/aromatic N) is 1. The van der Waals surface area contributed by atoms with E-state index in [9.17, 15) is 9.59 Å². The Morgan fingerprint density at radius 1 is 1.21 bits per heavy atom. The summed E-state index contributed by atoms with van der Waals surface area (Å²) >= 11 is 3.34. The molecule has 1 aromatic rings. The summed E-state index contributed by atoms with van der Waals surface area (Å²) in [4.78, 5) is 25.5. The lowest BCUT2D eigenvalue weighted by atomic mass is 10.1. The first-order valence-electron chi connectivity index (χ1n) is 6.48. The molecular formula is C14H17BrN2O2. The van der Waals surface area contributed by atoms with E-state index in [2.05, 4.69) is 21.2 Å². The molecule has 2 amide bonds. The lowest BCUT2D eigenvalue weighted by Crippen LogP contribution is -2.37. The number of halogens is 1. The SMILES string of the molecule is O=C(CC(=O)N1CCCCC1)Nc1cccc(Br)c1. The number of piperidine rings is 1. The van der Waals surface area contributed by atoms with Crippen LogP contribution in [0, 0.1) is 0 Å². The minimum Gasteiger partial charge on any atom is -0.342 e. The third kappa shape index (κ3) is 4.35. The minimum atomic E-state index is -0.256. The number of carbonyl (C=O) groups excluding carboxylic acids is 2. The van der Waals surface area contributed by atoms with Crippen LogP contribution < -0.4 is 5.32 Å². The van der Waals surface area contributed by atoms with Gasteiger partial charge in [-0.05, 0) is 37.5 Å². The highest BCUT2D eigenvalue weighted by Gasteiger charge is 2.19. The quantitative estimate of drug-likeness (QED) is 0.869. The topological polar surface area (TPSA) is 49.4 Å². The molecule has 5 heteroatoms. The van der Waals surface area contributed by atoms with E-state index in [1.165, 1.54) is 6.42 Å². The maximum atomic E-state index is 11.9. The average molecular weight is 325 g/mol. The van der Waals surface area contributed by atoms with Gasteiger partial charge in [0.1, 0.15) is 6.42 Å². The zero-order valence-corrected chi connectivity index (χ0v) is 12.3. The summed E-state index contributed by atoms with van der Waals surface area (Å²) in [6.07, 6.45) is 3.18. The Kier molecular flexibility index (Phi) is 4.96. The van der Waals surface area contributed by atoms with Crippen LogP contribution in [0.1, 0.15) is 25.7 Å². The van der Waals surface area contributed by atoms with Gasteiger partial charge in [0.15, 0.2) is 0 Å². The molecule has 0 atom stereocenters. The molecule has 0 radical (unpaired) electrons. The van der Waals surface area contributed by atoms with Gasteiger partial charge in [0.25, 0.3) is 0 Å². The van der Waals surface area contributed by atoms with Crippen LogP contribution >= 0.6 is 15.9 Å². The molecule has 1 aliphatic rings. The van der Waals surface area contributed by atoms with E-state index >= 15 is 0 Å². The zero-order valence-electron chi connectivity index (χ0n) is 10.7. The smallest absolute Gasteiger partial charge is 0.233 e. The highest BCUT2D eigenvalue weighted by molar-refractivity contribution is 9.10. The van der Waals surface area contributed by atoms with Gasteiger partial charge in [-0.3, -0.25) is 9.59 Å². The number of hydrogen-bond donors (Lipinski definition) is 1. The predicted octanol–water partition coefficient (Wildman–Crippen LogP) is 2.79. The number of rotatable bonds is 3. The molecular weight excluding hydrogens is 308 g/mol. The fourth-order valence-corrected chi connectivity index (χ4v) is 2.56. The lowest BCUT2D eigenvalue weighted by molar-refractivity contribution is -0.135. The molecule has 19 heavy (non-hydrogen) atoms. The molecule has 0 saturated carbocycles. The molecule has 1 aliphatic heterocycles. The van der Waals surface area contributed by atoms with Gasteiger partial charge in [0.05, 0.1) is 0 Å². The Balaban J connectivity index is 1.85. The third-order valence-corrected chi connectivity index (χ3v) is 3.62. The van der Waals surface area contributed by atoms with Crippen LogP contribution in [0.4, 0.5) is 5.69 Å². The average Bonchev–Trinajstić information content (AvgIpc) is 2.39. The van der Waals surface area contributed by atoms with Crippen LogP contribution in [0.15, 0.2) is 28.7 Å². The molecule has 1 aromatic carbocycles. The van der Waals surface area contributed by atoms with E-state index in [-0.39, 0.29) is 18.2 Å². The monoisotopic (exact) mass is 324 g/mol. The second-order valence-corrected chi connectivity index (χ2v) is 5.59.